The second-order valence-corrected chi connectivity index (χ2v) is 8.71. The molecular weight excluding hydrogens is 400 g/mol. The number of nitro groups is 1. The molecule has 0 saturated heterocycles. The normalized spacial score (nSPS) is 19.9. The zero-order chi connectivity index (χ0) is 22.5. The van der Waals surface area contributed by atoms with Gasteiger partial charge in [-0.2, -0.15) is 0 Å². The van der Waals surface area contributed by atoms with Gasteiger partial charge in [0.2, 0.25) is 5.72 Å². The van der Waals surface area contributed by atoms with Gasteiger partial charge in [0.1, 0.15) is 5.75 Å². The summed E-state index contributed by atoms with van der Waals surface area (Å²) in [5.41, 5.74) is 3.44. The highest BCUT2D eigenvalue weighted by atomic mass is 16.6. The molecule has 0 radical (unpaired) electrons. The maximum Gasteiger partial charge on any atom is 0.271 e. The number of nitro benzene ring substituents is 1. The molecular formula is C27H24N2O3. The van der Waals surface area contributed by atoms with Crippen molar-refractivity contribution < 1.29 is 9.66 Å². The van der Waals surface area contributed by atoms with Crippen LogP contribution in [0, 0.1) is 10.1 Å². The predicted molar refractivity (Wildman–Crippen MR) is 127 cm³/mol. The number of rotatable bonds is 4. The molecule has 2 heterocycles. The molecule has 1 atom stereocenters. The van der Waals surface area contributed by atoms with Crippen molar-refractivity contribution in [1.29, 1.82) is 0 Å². The molecule has 0 N–H and O–H groups in total. The molecule has 5 rings (SSSR count). The van der Waals surface area contributed by atoms with Gasteiger partial charge in [0, 0.05) is 23.4 Å². The summed E-state index contributed by atoms with van der Waals surface area (Å²) in [5.74, 6) is 0.825. The van der Waals surface area contributed by atoms with E-state index in [0.717, 1.165) is 33.8 Å². The maximum atomic E-state index is 11.6. The van der Waals surface area contributed by atoms with E-state index in [1.165, 1.54) is 0 Å². The minimum atomic E-state index is -0.893. The first-order valence-corrected chi connectivity index (χ1v) is 10.6. The number of allylic oxidation sites excluding steroid dienone is 1. The molecule has 1 unspecified atom stereocenters. The first-order chi connectivity index (χ1) is 15.4. The summed E-state index contributed by atoms with van der Waals surface area (Å²) in [6.07, 6.45) is 6.75. The Balaban J connectivity index is 1.78. The van der Waals surface area contributed by atoms with Gasteiger partial charge in [-0.3, -0.25) is 15.0 Å². The third kappa shape index (κ3) is 2.71. The van der Waals surface area contributed by atoms with Crippen LogP contribution in [-0.4, -0.2) is 10.6 Å². The number of hydrogen-bond acceptors (Lipinski definition) is 4. The number of nitrogens with zero attached hydrogens (tertiary/aromatic N) is 2. The number of hydrogen-bond donors (Lipinski definition) is 0. The summed E-state index contributed by atoms with van der Waals surface area (Å²) >= 11 is 0. The standard InChI is InChI=1S/C27H24N2O3/c1-4-9-19-10-8-11-20-16-17-27(32-25(19)20)26(2,3)23-15-14-22(29(30)31)18-24(23)28(27)21-12-6-5-7-13-21/h4-8,10-18H,1,9H2,2-3H3. The van der Waals surface area contributed by atoms with Crippen molar-refractivity contribution in [3.05, 3.63) is 112 Å². The van der Waals surface area contributed by atoms with Crippen LogP contribution in [0.15, 0.2) is 85.5 Å². The van der Waals surface area contributed by atoms with E-state index < -0.39 is 11.1 Å². The lowest BCUT2D eigenvalue weighted by atomic mass is 9.76. The van der Waals surface area contributed by atoms with Crippen molar-refractivity contribution in [3.63, 3.8) is 0 Å². The van der Waals surface area contributed by atoms with Gasteiger partial charge in [0.05, 0.1) is 16.0 Å². The lowest BCUT2D eigenvalue weighted by Gasteiger charge is -2.47. The first kappa shape index (κ1) is 20.1. The number of benzene rings is 3. The van der Waals surface area contributed by atoms with Crippen molar-refractivity contribution in [1.82, 2.24) is 0 Å². The molecule has 0 saturated carbocycles. The van der Waals surface area contributed by atoms with E-state index >= 15 is 0 Å². The van der Waals surface area contributed by atoms with E-state index in [4.69, 9.17) is 4.74 Å². The molecule has 3 aromatic carbocycles. The zero-order valence-corrected chi connectivity index (χ0v) is 18.1. The topological polar surface area (TPSA) is 55.6 Å². The van der Waals surface area contributed by atoms with E-state index in [2.05, 4.69) is 43.5 Å². The van der Waals surface area contributed by atoms with Crippen LogP contribution in [0.4, 0.5) is 17.1 Å². The Morgan fingerprint density at radius 3 is 2.59 bits per heavy atom. The van der Waals surface area contributed by atoms with E-state index in [-0.39, 0.29) is 10.6 Å². The molecule has 0 bridgehead atoms. The van der Waals surface area contributed by atoms with Gasteiger partial charge < -0.3 is 4.74 Å². The number of fused-ring (bicyclic) bond motifs is 2. The Bertz CT molecular complexity index is 1260. The summed E-state index contributed by atoms with van der Waals surface area (Å²) in [7, 11) is 0. The fraction of sp³-hybridized carbons (Fsp3) is 0.185. The van der Waals surface area contributed by atoms with Gasteiger partial charge in [0.25, 0.3) is 5.69 Å². The summed E-state index contributed by atoms with van der Waals surface area (Å²) in [6.45, 7) is 8.16. The Kier molecular flexibility index (Phi) is 4.45. The van der Waals surface area contributed by atoms with Gasteiger partial charge in [0.15, 0.2) is 0 Å². The third-order valence-electron chi connectivity index (χ3n) is 6.59. The first-order valence-electron chi connectivity index (χ1n) is 10.6. The number of non-ortho nitro benzene ring substituents is 1. The quantitative estimate of drug-likeness (QED) is 0.271. The van der Waals surface area contributed by atoms with E-state index in [9.17, 15) is 10.1 Å². The van der Waals surface area contributed by atoms with Crippen LogP contribution >= 0.6 is 0 Å². The van der Waals surface area contributed by atoms with Gasteiger partial charge in [-0.15, -0.1) is 6.58 Å². The van der Waals surface area contributed by atoms with Crippen molar-refractivity contribution in [2.75, 3.05) is 4.90 Å². The average molecular weight is 425 g/mol. The van der Waals surface area contributed by atoms with Crippen LogP contribution in [0.25, 0.3) is 6.08 Å². The molecule has 0 fully saturated rings. The molecule has 3 aromatic rings. The highest BCUT2D eigenvalue weighted by Gasteiger charge is 2.60. The SMILES string of the molecule is C=CCc1cccc2c1OC1(C=C2)N(c2ccccc2)c2cc([N+](=O)[O-])ccc2C1(C)C. The molecule has 0 amide bonds. The molecule has 2 aliphatic heterocycles. The van der Waals surface area contributed by atoms with Crippen molar-refractivity contribution >= 4 is 23.1 Å². The van der Waals surface area contributed by atoms with E-state index in [0.29, 0.717) is 6.42 Å². The summed E-state index contributed by atoms with van der Waals surface area (Å²) < 4.78 is 6.95. The molecule has 160 valence electrons. The Morgan fingerprint density at radius 2 is 1.88 bits per heavy atom. The number of ether oxygens (including phenoxy) is 1. The Labute approximate surface area is 187 Å². The highest BCUT2D eigenvalue weighted by Crippen LogP contribution is 2.58. The number of anilines is 2. The number of para-hydroxylation sites is 2. The van der Waals surface area contributed by atoms with Gasteiger partial charge in [-0.25, -0.2) is 0 Å². The molecule has 0 aromatic heterocycles. The van der Waals surface area contributed by atoms with E-state index in [1.807, 2.05) is 54.6 Å². The maximum absolute atomic E-state index is 11.6. The molecule has 32 heavy (non-hydrogen) atoms. The third-order valence-corrected chi connectivity index (χ3v) is 6.59. The predicted octanol–water partition coefficient (Wildman–Crippen LogP) is 6.55. The molecule has 1 spiro atoms. The zero-order valence-electron chi connectivity index (χ0n) is 18.1. The molecule has 0 aliphatic carbocycles. The van der Waals surface area contributed by atoms with Crippen molar-refractivity contribution in [2.24, 2.45) is 0 Å². The van der Waals surface area contributed by atoms with Crippen LogP contribution in [0.3, 0.4) is 0 Å². The van der Waals surface area contributed by atoms with Crippen LogP contribution in [0.5, 0.6) is 5.75 Å². The monoisotopic (exact) mass is 424 g/mol. The van der Waals surface area contributed by atoms with Gasteiger partial charge in [-0.1, -0.05) is 42.5 Å². The second-order valence-electron chi connectivity index (χ2n) is 8.71. The van der Waals surface area contributed by atoms with Crippen molar-refractivity contribution in [2.45, 2.75) is 31.4 Å². The fourth-order valence-corrected chi connectivity index (χ4v) is 4.93. The van der Waals surface area contributed by atoms with E-state index in [1.54, 1.807) is 12.1 Å². The van der Waals surface area contributed by atoms with Crippen LogP contribution < -0.4 is 9.64 Å². The molecule has 5 nitrogen and oxygen atoms in total. The molecule has 5 heteroatoms. The lowest BCUT2D eigenvalue weighted by Crippen LogP contribution is -2.58. The Hall–Kier alpha value is -3.86. The summed E-state index contributed by atoms with van der Waals surface area (Å²) in [4.78, 5) is 13.3. The smallest absolute Gasteiger partial charge is 0.271 e. The lowest BCUT2D eigenvalue weighted by molar-refractivity contribution is -0.384. The van der Waals surface area contributed by atoms with Gasteiger partial charge in [-0.05, 0) is 61.7 Å². The van der Waals surface area contributed by atoms with Crippen LogP contribution in [-0.2, 0) is 11.8 Å². The summed E-state index contributed by atoms with van der Waals surface area (Å²) in [6, 6.07) is 21.1. The second kappa shape index (κ2) is 7.09. The van der Waals surface area contributed by atoms with Crippen LogP contribution in [0.2, 0.25) is 0 Å². The fourth-order valence-electron chi connectivity index (χ4n) is 4.93. The van der Waals surface area contributed by atoms with Gasteiger partial charge >= 0.3 is 0 Å². The summed E-state index contributed by atoms with van der Waals surface area (Å²) in [5, 5.41) is 11.6. The largest absolute Gasteiger partial charge is 0.462 e. The highest BCUT2D eigenvalue weighted by molar-refractivity contribution is 5.81. The minimum absolute atomic E-state index is 0.0602. The Morgan fingerprint density at radius 1 is 1.09 bits per heavy atom. The van der Waals surface area contributed by atoms with Crippen LogP contribution in [0.1, 0.15) is 30.5 Å². The van der Waals surface area contributed by atoms with Crippen molar-refractivity contribution in [3.8, 4) is 5.75 Å². The average Bonchev–Trinajstić information content (AvgIpc) is 2.98. The molecule has 2 aliphatic rings. The minimum Gasteiger partial charge on any atom is -0.462 e.